The molecule has 3 aliphatic rings. The molecule has 0 unspecified atom stereocenters. The molecule has 6 heteroatoms. The molecule has 4 rings (SSSR count). The first-order valence-corrected chi connectivity index (χ1v) is 9.81. The number of ketones is 1. The van der Waals surface area contributed by atoms with Crippen molar-refractivity contribution in [2.75, 3.05) is 13.1 Å². The van der Waals surface area contributed by atoms with E-state index in [1.807, 2.05) is 11.8 Å². The predicted octanol–water partition coefficient (Wildman–Crippen LogP) is 3.79. The van der Waals surface area contributed by atoms with Crippen LogP contribution in [0.3, 0.4) is 0 Å². The normalized spacial score (nSPS) is 22.6. The molecule has 1 amide bonds. The van der Waals surface area contributed by atoms with Gasteiger partial charge in [0.05, 0.1) is 16.6 Å². The number of hydrogen-bond acceptors (Lipinski definition) is 3. The first kappa shape index (κ1) is 17.5. The number of nitrogens with one attached hydrogen (secondary N) is 1. The summed E-state index contributed by atoms with van der Waals surface area (Å²) in [5, 5.41) is 3.38. The number of rotatable bonds is 3. The quantitative estimate of drug-likeness (QED) is 0.811. The standard InChI is InChI=1S/C20H20BrFN2O2/c1-2-8-24-10-15-19(20(24)26)17(11-6-7-13(22)12(21)9-11)18-14(23-15)4-3-5-16(18)25/h6-7,9,17,23H,2-5,8,10H2,1H3/t17-/m0/s1. The molecule has 0 saturated heterocycles. The van der Waals surface area contributed by atoms with Crippen LogP contribution in [0.1, 0.15) is 44.1 Å². The lowest BCUT2D eigenvalue weighted by molar-refractivity contribution is -0.125. The monoisotopic (exact) mass is 418 g/mol. The Morgan fingerprint density at radius 3 is 2.77 bits per heavy atom. The van der Waals surface area contributed by atoms with Gasteiger partial charge >= 0.3 is 0 Å². The fraction of sp³-hybridized carbons (Fsp3) is 0.400. The Morgan fingerprint density at radius 2 is 2.04 bits per heavy atom. The van der Waals surface area contributed by atoms with Crippen LogP contribution in [-0.2, 0) is 9.59 Å². The third-order valence-corrected chi connectivity index (χ3v) is 5.91. The summed E-state index contributed by atoms with van der Waals surface area (Å²) in [5.74, 6) is -0.714. The number of nitrogens with zero attached hydrogens (tertiary/aromatic N) is 1. The van der Waals surface area contributed by atoms with Crippen LogP contribution in [0.25, 0.3) is 0 Å². The molecule has 0 aromatic heterocycles. The number of dihydropyridines is 1. The molecule has 0 saturated carbocycles. The van der Waals surface area contributed by atoms with Gasteiger partial charge in [-0.05, 0) is 52.9 Å². The number of halogens is 2. The van der Waals surface area contributed by atoms with Crippen molar-refractivity contribution in [1.29, 1.82) is 0 Å². The molecule has 1 N–H and O–H groups in total. The second-order valence-corrected chi connectivity index (χ2v) is 7.87. The number of allylic oxidation sites excluding steroid dienone is 2. The van der Waals surface area contributed by atoms with Crippen LogP contribution < -0.4 is 5.32 Å². The van der Waals surface area contributed by atoms with E-state index >= 15 is 0 Å². The highest BCUT2D eigenvalue weighted by molar-refractivity contribution is 9.10. The number of Topliss-reactive ketones (excluding diaryl/α,β-unsaturated/α-hetero) is 1. The highest BCUT2D eigenvalue weighted by Crippen LogP contribution is 2.45. The van der Waals surface area contributed by atoms with E-state index < -0.39 is 5.92 Å². The molecule has 1 aliphatic carbocycles. The van der Waals surface area contributed by atoms with E-state index in [1.165, 1.54) is 6.07 Å². The van der Waals surface area contributed by atoms with E-state index in [-0.39, 0.29) is 17.5 Å². The van der Waals surface area contributed by atoms with E-state index in [0.717, 1.165) is 36.2 Å². The predicted molar refractivity (Wildman–Crippen MR) is 99.8 cm³/mol. The summed E-state index contributed by atoms with van der Waals surface area (Å²) in [4.78, 5) is 27.6. The van der Waals surface area contributed by atoms with Crippen LogP contribution in [0.2, 0.25) is 0 Å². The number of carbonyl (C=O) groups is 2. The summed E-state index contributed by atoms with van der Waals surface area (Å²) < 4.78 is 14.1. The Balaban J connectivity index is 1.85. The van der Waals surface area contributed by atoms with Crippen molar-refractivity contribution in [3.63, 3.8) is 0 Å². The van der Waals surface area contributed by atoms with Gasteiger partial charge < -0.3 is 10.2 Å². The summed E-state index contributed by atoms with van der Waals surface area (Å²) >= 11 is 3.24. The van der Waals surface area contributed by atoms with E-state index in [2.05, 4.69) is 21.2 Å². The van der Waals surface area contributed by atoms with Crippen molar-refractivity contribution in [1.82, 2.24) is 10.2 Å². The Morgan fingerprint density at radius 1 is 1.23 bits per heavy atom. The van der Waals surface area contributed by atoms with E-state index in [1.54, 1.807) is 12.1 Å². The van der Waals surface area contributed by atoms with Crippen molar-refractivity contribution < 1.29 is 14.0 Å². The molecule has 1 atom stereocenters. The molecule has 4 nitrogen and oxygen atoms in total. The van der Waals surface area contributed by atoms with Crippen LogP contribution in [0.15, 0.2) is 45.2 Å². The van der Waals surface area contributed by atoms with Gasteiger partial charge in [0, 0.05) is 35.9 Å². The molecule has 0 fully saturated rings. The summed E-state index contributed by atoms with van der Waals surface area (Å²) in [6.07, 6.45) is 3.00. The lowest BCUT2D eigenvalue weighted by Gasteiger charge is -2.32. The van der Waals surface area contributed by atoms with Gasteiger partial charge in [0.2, 0.25) is 0 Å². The first-order chi connectivity index (χ1) is 12.5. The average Bonchev–Trinajstić information content (AvgIpc) is 2.92. The summed E-state index contributed by atoms with van der Waals surface area (Å²) in [5.41, 5.74) is 3.92. The fourth-order valence-electron chi connectivity index (χ4n) is 4.18. The van der Waals surface area contributed by atoms with Crippen molar-refractivity contribution >= 4 is 27.6 Å². The molecule has 1 aromatic carbocycles. The lowest BCUT2D eigenvalue weighted by atomic mass is 9.75. The minimum Gasteiger partial charge on any atom is -0.360 e. The molecule has 0 spiro atoms. The van der Waals surface area contributed by atoms with Crippen LogP contribution in [-0.4, -0.2) is 29.7 Å². The average molecular weight is 419 g/mol. The second-order valence-electron chi connectivity index (χ2n) is 7.02. The maximum absolute atomic E-state index is 13.8. The minimum absolute atomic E-state index is 0.0234. The zero-order chi connectivity index (χ0) is 18.4. The topological polar surface area (TPSA) is 49.4 Å². The maximum Gasteiger partial charge on any atom is 0.252 e. The van der Waals surface area contributed by atoms with Gasteiger partial charge in [0.25, 0.3) is 5.91 Å². The molecule has 0 radical (unpaired) electrons. The smallest absolute Gasteiger partial charge is 0.252 e. The number of benzene rings is 1. The minimum atomic E-state index is -0.416. The van der Waals surface area contributed by atoms with Crippen LogP contribution in [0.5, 0.6) is 0 Å². The Labute approximate surface area is 160 Å². The van der Waals surface area contributed by atoms with Gasteiger partial charge in [-0.2, -0.15) is 0 Å². The number of hydrogen-bond donors (Lipinski definition) is 1. The van der Waals surface area contributed by atoms with Crippen LogP contribution >= 0.6 is 15.9 Å². The molecule has 2 heterocycles. The van der Waals surface area contributed by atoms with E-state index in [4.69, 9.17) is 0 Å². The Bertz CT molecular complexity index is 875. The van der Waals surface area contributed by atoms with Gasteiger partial charge in [-0.15, -0.1) is 0 Å². The lowest BCUT2D eigenvalue weighted by Crippen LogP contribution is -2.32. The Hall–Kier alpha value is -1.95. The zero-order valence-corrected chi connectivity index (χ0v) is 16.2. The maximum atomic E-state index is 13.8. The fourth-order valence-corrected chi connectivity index (χ4v) is 4.58. The van der Waals surface area contributed by atoms with Gasteiger partial charge in [-0.1, -0.05) is 13.0 Å². The summed E-state index contributed by atoms with van der Waals surface area (Å²) in [7, 11) is 0. The van der Waals surface area contributed by atoms with Crippen molar-refractivity contribution in [2.24, 2.45) is 0 Å². The third kappa shape index (κ3) is 2.71. The SMILES string of the molecule is CCCN1CC2=C(C1=O)[C@@H](c1ccc(F)c(Br)c1)C1=C(CCCC1=O)N2. The van der Waals surface area contributed by atoms with Crippen molar-refractivity contribution in [2.45, 2.75) is 38.5 Å². The van der Waals surface area contributed by atoms with Crippen LogP contribution in [0, 0.1) is 5.82 Å². The van der Waals surface area contributed by atoms with Gasteiger partial charge in [-0.25, -0.2) is 4.39 Å². The highest BCUT2D eigenvalue weighted by atomic mass is 79.9. The zero-order valence-electron chi connectivity index (χ0n) is 14.6. The highest BCUT2D eigenvalue weighted by Gasteiger charge is 2.44. The van der Waals surface area contributed by atoms with Crippen molar-refractivity contribution in [3.05, 3.63) is 56.6 Å². The van der Waals surface area contributed by atoms with Gasteiger partial charge in [-0.3, -0.25) is 9.59 Å². The Kier molecular flexibility index (Phi) is 4.47. The largest absolute Gasteiger partial charge is 0.360 e. The third-order valence-electron chi connectivity index (χ3n) is 5.30. The number of carbonyl (C=O) groups excluding carboxylic acids is 2. The summed E-state index contributed by atoms with van der Waals surface area (Å²) in [6, 6.07) is 4.76. The van der Waals surface area contributed by atoms with Crippen LogP contribution in [0.4, 0.5) is 4.39 Å². The van der Waals surface area contributed by atoms with Gasteiger partial charge in [0.15, 0.2) is 5.78 Å². The van der Waals surface area contributed by atoms with Crippen molar-refractivity contribution in [3.8, 4) is 0 Å². The van der Waals surface area contributed by atoms with E-state index in [9.17, 15) is 14.0 Å². The molecule has 136 valence electrons. The number of amides is 1. The second kappa shape index (κ2) is 6.65. The molecule has 26 heavy (non-hydrogen) atoms. The first-order valence-electron chi connectivity index (χ1n) is 9.01. The molecular formula is C20H20BrFN2O2. The molecule has 1 aromatic rings. The van der Waals surface area contributed by atoms with E-state index in [0.29, 0.717) is 35.1 Å². The summed E-state index contributed by atoms with van der Waals surface area (Å²) in [6.45, 7) is 3.27. The molecule has 0 bridgehead atoms. The van der Waals surface area contributed by atoms with Gasteiger partial charge in [0.1, 0.15) is 5.82 Å². The molecule has 2 aliphatic heterocycles. The molecular weight excluding hydrogens is 399 g/mol.